The Balaban J connectivity index is 1.56. The number of rotatable bonds is 5. The van der Waals surface area contributed by atoms with Crippen molar-refractivity contribution >= 4 is 11.3 Å². The molecule has 4 rings (SSSR count). The van der Waals surface area contributed by atoms with Crippen LogP contribution in [0.15, 0.2) is 101 Å². The third-order valence-electron chi connectivity index (χ3n) is 5.17. The molecule has 1 heterocycles. The molecule has 140 valence electrons. The molecule has 0 N–H and O–H groups in total. The van der Waals surface area contributed by atoms with E-state index in [0.29, 0.717) is 0 Å². The predicted octanol–water partition coefficient (Wildman–Crippen LogP) is 6.28. The number of benzene rings is 3. The minimum absolute atomic E-state index is 0.0985. The molecule has 3 nitrogen and oxygen atoms in total. The topological polar surface area (TPSA) is 28.0 Å². The van der Waals surface area contributed by atoms with E-state index in [9.17, 15) is 0 Å². The van der Waals surface area contributed by atoms with Gasteiger partial charge in [0.1, 0.15) is 6.04 Å². The number of hydrogen-bond acceptors (Lipinski definition) is 3. The maximum atomic E-state index is 4.69. The first-order valence-electron chi connectivity index (χ1n) is 9.78. The SMILES string of the molecule is CN1CC=C(c2ccc(N=NC(c3ccccc3)c3ccccc3)cc2)CC1. The molecular formula is C25H25N3. The fourth-order valence-corrected chi connectivity index (χ4v) is 3.50. The Morgan fingerprint density at radius 3 is 1.93 bits per heavy atom. The van der Waals surface area contributed by atoms with Gasteiger partial charge in [0.05, 0.1) is 5.69 Å². The lowest BCUT2D eigenvalue weighted by atomic mass is 9.99. The summed E-state index contributed by atoms with van der Waals surface area (Å²) in [6.07, 6.45) is 3.42. The second-order valence-corrected chi connectivity index (χ2v) is 7.23. The summed E-state index contributed by atoms with van der Waals surface area (Å²) in [5.41, 5.74) is 5.88. The van der Waals surface area contributed by atoms with E-state index in [-0.39, 0.29) is 6.04 Å². The second kappa shape index (κ2) is 8.77. The molecule has 0 spiro atoms. The van der Waals surface area contributed by atoms with Crippen molar-refractivity contribution < 1.29 is 0 Å². The van der Waals surface area contributed by atoms with Crippen molar-refractivity contribution in [1.29, 1.82) is 0 Å². The molecule has 0 amide bonds. The van der Waals surface area contributed by atoms with Crippen LogP contribution < -0.4 is 0 Å². The van der Waals surface area contributed by atoms with Crippen molar-refractivity contribution in [3.8, 4) is 0 Å². The summed E-state index contributed by atoms with van der Waals surface area (Å²) in [4.78, 5) is 2.33. The normalized spacial score (nSPS) is 15.1. The Hall–Kier alpha value is -3.04. The number of azo groups is 1. The number of likely N-dealkylation sites (N-methyl/N-ethyl adjacent to an activating group) is 1. The van der Waals surface area contributed by atoms with Gasteiger partial charge in [0, 0.05) is 13.1 Å². The van der Waals surface area contributed by atoms with E-state index in [1.807, 2.05) is 36.4 Å². The van der Waals surface area contributed by atoms with E-state index in [1.165, 1.54) is 11.1 Å². The van der Waals surface area contributed by atoms with Crippen molar-refractivity contribution in [1.82, 2.24) is 4.90 Å². The maximum Gasteiger partial charge on any atom is 0.121 e. The zero-order valence-corrected chi connectivity index (χ0v) is 16.2. The van der Waals surface area contributed by atoms with Crippen molar-refractivity contribution in [3.05, 3.63) is 108 Å². The van der Waals surface area contributed by atoms with E-state index >= 15 is 0 Å². The molecule has 0 fully saturated rings. The largest absolute Gasteiger partial charge is 0.302 e. The van der Waals surface area contributed by atoms with Gasteiger partial charge in [-0.1, -0.05) is 78.9 Å². The molecule has 0 bridgehead atoms. The zero-order valence-electron chi connectivity index (χ0n) is 16.2. The van der Waals surface area contributed by atoms with E-state index < -0.39 is 0 Å². The zero-order chi connectivity index (χ0) is 19.2. The molecule has 3 aromatic carbocycles. The summed E-state index contributed by atoms with van der Waals surface area (Å²) >= 11 is 0. The monoisotopic (exact) mass is 367 g/mol. The Kier molecular flexibility index (Phi) is 5.74. The van der Waals surface area contributed by atoms with Crippen LogP contribution in [0, 0.1) is 0 Å². The maximum absolute atomic E-state index is 4.69. The first-order chi connectivity index (χ1) is 13.8. The molecule has 0 radical (unpaired) electrons. The fourth-order valence-electron chi connectivity index (χ4n) is 3.50. The van der Waals surface area contributed by atoms with Crippen molar-refractivity contribution in [2.24, 2.45) is 10.2 Å². The lowest BCUT2D eigenvalue weighted by Crippen LogP contribution is -2.23. The fraction of sp³-hybridized carbons (Fsp3) is 0.200. The molecule has 0 saturated heterocycles. The van der Waals surface area contributed by atoms with Gasteiger partial charge in [-0.3, -0.25) is 0 Å². The van der Waals surface area contributed by atoms with Gasteiger partial charge in [0.2, 0.25) is 0 Å². The van der Waals surface area contributed by atoms with Crippen LogP contribution in [-0.4, -0.2) is 25.0 Å². The minimum atomic E-state index is -0.0985. The minimum Gasteiger partial charge on any atom is -0.302 e. The summed E-state index contributed by atoms with van der Waals surface area (Å²) < 4.78 is 0. The highest BCUT2D eigenvalue weighted by molar-refractivity contribution is 5.67. The van der Waals surface area contributed by atoms with E-state index in [4.69, 9.17) is 5.11 Å². The second-order valence-electron chi connectivity index (χ2n) is 7.23. The third-order valence-corrected chi connectivity index (χ3v) is 5.17. The Labute approximate surface area is 167 Å². The summed E-state index contributed by atoms with van der Waals surface area (Å²) in [5, 5.41) is 9.25. The molecule has 3 heteroatoms. The number of nitrogens with zero attached hydrogens (tertiary/aromatic N) is 3. The van der Waals surface area contributed by atoms with Crippen LogP contribution in [0.25, 0.3) is 5.57 Å². The molecule has 0 unspecified atom stereocenters. The van der Waals surface area contributed by atoms with Crippen LogP contribution in [-0.2, 0) is 0 Å². The van der Waals surface area contributed by atoms with Crippen LogP contribution in [0.1, 0.15) is 29.2 Å². The van der Waals surface area contributed by atoms with Gasteiger partial charge in [-0.05, 0) is 47.9 Å². The Morgan fingerprint density at radius 2 is 1.39 bits per heavy atom. The average molecular weight is 367 g/mol. The van der Waals surface area contributed by atoms with Crippen molar-refractivity contribution in [2.75, 3.05) is 20.1 Å². The van der Waals surface area contributed by atoms with Gasteiger partial charge < -0.3 is 4.90 Å². The third kappa shape index (κ3) is 4.44. The van der Waals surface area contributed by atoms with Gasteiger partial charge >= 0.3 is 0 Å². The quantitative estimate of drug-likeness (QED) is 0.488. The van der Waals surface area contributed by atoms with Crippen LogP contribution in [0.4, 0.5) is 5.69 Å². The summed E-state index contributed by atoms with van der Waals surface area (Å²) in [6.45, 7) is 2.13. The molecule has 1 aliphatic rings. The molecule has 3 aromatic rings. The van der Waals surface area contributed by atoms with E-state index in [2.05, 4.69) is 71.7 Å². The molecule has 28 heavy (non-hydrogen) atoms. The molecule has 0 atom stereocenters. The van der Waals surface area contributed by atoms with Gasteiger partial charge in [-0.15, -0.1) is 0 Å². The highest BCUT2D eigenvalue weighted by atomic mass is 15.1. The van der Waals surface area contributed by atoms with Gasteiger partial charge in [-0.2, -0.15) is 10.2 Å². The van der Waals surface area contributed by atoms with Gasteiger partial charge in [-0.25, -0.2) is 0 Å². The number of hydrogen-bond donors (Lipinski definition) is 0. The van der Waals surface area contributed by atoms with Crippen LogP contribution in [0.3, 0.4) is 0 Å². The highest BCUT2D eigenvalue weighted by Gasteiger charge is 2.13. The molecular weight excluding hydrogens is 342 g/mol. The average Bonchev–Trinajstić information content (AvgIpc) is 2.76. The van der Waals surface area contributed by atoms with Crippen molar-refractivity contribution in [3.63, 3.8) is 0 Å². The summed E-state index contributed by atoms with van der Waals surface area (Å²) in [6, 6.07) is 29.0. The van der Waals surface area contributed by atoms with E-state index in [1.54, 1.807) is 0 Å². The van der Waals surface area contributed by atoms with Crippen molar-refractivity contribution in [2.45, 2.75) is 12.5 Å². The lowest BCUT2D eigenvalue weighted by molar-refractivity contribution is 0.370. The molecule has 0 aromatic heterocycles. The summed E-state index contributed by atoms with van der Waals surface area (Å²) in [7, 11) is 2.16. The van der Waals surface area contributed by atoms with Crippen LogP contribution in [0.2, 0.25) is 0 Å². The van der Waals surface area contributed by atoms with Crippen LogP contribution in [0.5, 0.6) is 0 Å². The standard InChI is InChI=1S/C25H25N3/c1-28-18-16-21(17-19-28)20-12-14-24(15-13-20)26-27-25(22-8-4-2-5-9-22)23-10-6-3-7-11-23/h2-16,25H,17-19H2,1H3. The molecule has 0 saturated carbocycles. The first-order valence-corrected chi connectivity index (χ1v) is 9.78. The predicted molar refractivity (Wildman–Crippen MR) is 116 cm³/mol. The highest BCUT2D eigenvalue weighted by Crippen LogP contribution is 2.29. The van der Waals surface area contributed by atoms with E-state index in [0.717, 1.165) is 36.3 Å². The van der Waals surface area contributed by atoms with Gasteiger partial charge in [0.25, 0.3) is 0 Å². The Bertz CT molecular complexity index is 905. The smallest absolute Gasteiger partial charge is 0.121 e. The summed E-state index contributed by atoms with van der Waals surface area (Å²) in [5.74, 6) is 0. The molecule has 1 aliphatic heterocycles. The molecule has 0 aliphatic carbocycles. The van der Waals surface area contributed by atoms with Gasteiger partial charge in [0.15, 0.2) is 0 Å². The first kappa shape index (κ1) is 18.3. The van der Waals surface area contributed by atoms with Crippen LogP contribution >= 0.6 is 0 Å². The lowest BCUT2D eigenvalue weighted by Gasteiger charge is -2.22. The Morgan fingerprint density at radius 1 is 0.786 bits per heavy atom.